The third-order valence-corrected chi connectivity index (χ3v) is 3.98. The zero-order valence-corrected chi connectivity index (χ0v) is 12.9. The van der Waals surface area contributed by atoms with E-state index in [1.54, 1.807) is 30.3 Å². The fourth-order valence-electron chi connectivity index (χ4n) is 1.96. The van der Waals surface area contributed by atoms with Crippen LogP contribution in [0.15, 0.2) is 39.4 Å². The molecule has 0 saturated carbocycles. The number of nitrogens with two attached hydrogens (primary N) is 1. The summed E-state index contributed by atoms with van der Waals surface area (Å²) in [5.41, 5.74) is 6.39. The molecule has 2 aromatic rings. The summed E-state index contributed by atoms with van der Waals surface area (Å²) in [6, 6.07) is 8.58. The summed E-state index contributed by atoms with van der Waals surface area (Å²) in [5, 5.41) is 11.3. The molecule has 0 spiro atoms. The van der Waals surface area contributed by atoms with Gasteiger partial charge in [-0.1, -0.05) is 29.3 Å². The van der Waals surface area contributed by atoms with Crippen molar-refractivity contribution < 1.29 is 9.52 Å². The smallest absolute Gasteiger partial charge is 0.169 e. The summed E-state index contributed by atoms with van der Waals surface area (Å²) >= 11 is 15.5. The van der Waals surface area contributed by atoms with Gasteiger partial charge in [0.25, 0.3) is 0 Å². The van der Waals surface area contributed by atoms with E-state index in [4.69, 9.17) is 33.4 Å². The van der Waals surface area contributed by atoms with Crippen LogP contribution in [0.1, 0.15) is 23.3 Å². The topological polar surface area (TPSA) is 59.4 Å². The minimum atomic E-state index is -0.909. The molecule has 0 amide bonds. The Morgan fingerprint density at radius 1 is 1.21 bits per heavy atom. The molecule has 0 radical (unpaired) electrons. The molecule has 102 valence electrons. The Morgan fingerprint density at radius 2 is 1.84 bits per heavy atom. The normalized spacial score (nSPS) is 14.4. The lowest BCUT2D eigenvalue weighted by Gasteiger charge is -2.22. The highest BCUT2D eigenvalue weighted by molar-refractivity contribution is 9.10. The summed E-state index contributed by atoms with van der Waals surface area (Å²) in [6.07, 6.45) is -0.909. The Labute approximate surface area is 129 Å². The number of rotatable bonds is 4. The number of hydrogen-bond donors (Lipinski definition) is 2. The van der Waals surface area contributed by atoms with Crippen LogP contribution in [0.2, 0.25) is 10.0 Å². The van der Waals surface area contributed by atoms with Gasteiger partial charge >= 0.3 is 0 Å². The summed E-state index contributed by atoms with van der Waals surface area (Å²) in [5.74, 6) is -0.0161. The summed E-state index contributed by atoms with van der Waals surface area (Å²) in [7, 11) is 0. The second-order valence-electron chi connectivity index (χ2n) is 4.06. The van der Waals surface area contributed by atoms with Crippen molar-refractivity contribution in [3.8, 4) is 0 Å². The molecule has 2 atom stereocenters. The van der Waals surface area contributed by atoms with Crippen molar-refractivity contribution in [1.29, 1.82) is 0 Å². The lowest BCUT2D eigenvalue weighted by Crippen LogP contribution is -2.20. The van der Waals surface area contributed by atoms with Gasteiger partial charge in [0.15, 0.2) is 4.67 Å². The molecular weight excluding hydrogens is 353 g/mol. The fraction of sp³-hybridized carbons (Fsp3) is 0.231. The average molecular weight is 365 g/mol. The maximum absolute atomic E-state index is 10.4. The molecule has 0 aliphatic heterocycles. The van der Waals surface area contributed by atoms with Crippen molar-refractivity contribution in [2.45, 2.75) is 12.0 Å². The maximum atomic E-state index is 10.4. The zero-order chi connectivity index (χ0) is 14.0. The molecule has 2 unspecified atom stereocenters. The number of aliphatic hydroxyl groups is 1. The lowest BCUT2D eigenvalue weighted by molar-refractivity contribution is 0.121. The van der Waals surface area contributed by atoms with Crippen LogP contribution < -0.4 is 5.73 Å². The molecule has 6 heteroatoms. The third-order valence-electron chi connectivity index (χ3n) is 2.89. The summed E-state index contributed by atoms with van der Waals surface area (Å²) < 4.78 is 5.90. The Morgan fingerprint density at radius 3 is 2.32 bits per heavy atom. The van der Waals surface area contributed by atoms with Gasteiger partial charge in [0.1, 0.15) is 11.9 Å². The van der Waals surface area contributed by atoms with Crippen LogP contribution in [-0.4, -0.2) is 11.7 Å². The first kappa shape index (κ1) is 14.9. The minimum Gasteiger partial charge on any atom is -0.452 e. The molecule has 1 aromatic carbocycles. The molecule has 0 fully saturated rings. The van der Waals surface area contributed by atoms with Crippen LogP contribution in [0, 0.1) is 0 Å². The van der Waals surface area contributed by atoms with Gasteiger partial charge in [-0.05, 0) is 45.8 Å². The van der Waals surface area contributed by atoms with Gasteiger partial charge in [0, 0.05) is 22.5 Å². The van der Waals surface area contributed by atoms with Gasteiger partial charge in [-0.15, -0.1) is 0 Å². The number of benzene rings is 1. The van der Waals surface area contributed by atoms with Gasteiger partial charge in [-0.25, -0.2) is 0 Å². The number of hydrogen-bond acceptors (Lipinski definition) is 3. The number of furan rings is 1. The van der Waals surface area contributed by atoms with E-state index in [1.807, 2.05) is 0 Å². The highest BCUT2D eigenvalue weighted by Gasteiger charge is 2.27. The third kappa shape index (κ3) is 3.15. The van der Waals surface area contributed by atoms with Crippen molar-refractivity contribution in [3.63, 3.8) is 0 Å². The van der Waals surface area contributed by atoms with E-state index in [0.29, 0.717) is 26.0 Å². The van der Waals surface area contributed by atoms with Gasteiger partial charge in [-0.3, -0.25) is 0 Å². The highest BCUT2D eigenvalue weighted by Crippen LogP contribution is 2.39. The molecule has 3 nitrogen and oxygen atoms in total. The molecule has 3 N–H and O–H groups in total. The van der Waals surface area contributed by atoms with Crippen molar-refractivity contribution >= 4 is 39.1 Å². The van der Waals surface area contributed by atoms with Gasteiger partial charge in [0.05, 0.1) is 0 Å². The van der Waals surface area contributed by atoms with E-state index in [9.17, 15) is 5.11 Å². The maximum Gasteiger partial charge on any atom is 0.169 e. The summed E-state index contributed by atoms with van der Waals surface area (Å²) in [4.78, 5) is 0. The second kappa shape index (κ2) is 6.29. The minimum absolute atomic E-state index is 0.197. The van der Waals surface area contributed by atoms with Crippen LogP contribution in [0.5, 0.6) is 0 Å². The first-order valence-electron chi connectivity index (χ1n) is 5.62. The Hall–Kier alpha value is -0.520. The molecule has 0 saturated heterocycles. The molecule has 0 aliphatic rings. The predicted octanol–water partition coefficient (Wildman–Crippen LogP) is 4.12. The van der Waals surface area contributed by atoms with E-state index >= 15 is 0 Å². The molecule has 1 heterocycles. The van der Waals surface area contributed by atoms with E-state index in [-0.39, 0.29) is 6.54 Å². The quantitative estimate of drug-likeness (QED) is 0.857. The fourth-order valence-corrected chi connectivity index (χ4v) is 2.95. The first-order valence-corrected chi connectivity index (χ1v) is 7.16. The first-order chi connectivity index (χ1) is 9.04. The van der Waals surface area contributed by atoms with E-state index < -0.39 is 12.0 Å². The van der Waals surface area contributed by atoms with E-state index in [1.165, 1.54) is 0 Å². The van der Waals surface area contributed by atoms with Crippen LogP contribution in [0.25, 0.3) is 0 Å². The SMILES string of the molecule is NCC(c1c(Cl)cccc1Cl)C(O)c1ccc(Br)o1. The second-order valence-corrected chi connectivity index (χ2v) is 5.66. The highest BCUT2D eigenvalue weighted by atomic mass is 79.9. The number of halogens is 3. The van der Waals surface area contributed by atoms with Crippen molar-refractivity contribution in [1.82, 2.24) is 0 Å². The van der Waals surface area contributed by atoms with Crippen LogP contribution in [-0.2, 0) is 0 Å². The molecule has 19 heavy (non-hydrogen) atoms. The lowest BCUT2D eigenvalue weighted by atomic mass is 9.92. The van der Waals surface area contributed by atoms with Crippen molar-refractivity contribution in [3.05, 3.63) is 56.4 Å². The van der Waals surface area contributed by atoms with E-state index in [0.717, 1.165) is 0 Å². The van der Waals surface area contributed by atoms with Crippen LogP contribution >= 0.6 is 39.1 Å². The largest absolute Gasteiger partial charge is 0.452 e. The van der Waals surface area contributed by atoms with Gasteiger partial charge in [0.2, 0.25) is 0 Å². The molecule has 0 bridgehead atoms. The summed E-state index contributed by atoms with van der Waals surface area (Å²) in [6.45, 7) is 0.197. The Balaban J connectivity index is 2.39. The average Bonchev–Trinajstić information content (AvgIpc) is 2.80. The Kier molecular flexibility index (Phi) is 4.92. The molecule has 0 aliphatic carbocycles. The van der Waals surface area contributed by atoms with Gasteiger partial charge < -0.3 is 15.3 Å². The van der Waals surface area contributed by atoms with Crippen molar-refractivity contribution in [2.75, 3.05) is 6.54 Å². The monoisotopic (exact) mass is 363 g/mol. The Bertz CT molecular complexity index is 553. The molecule has 2 rings (SSSR count). The molecular formula is C13H12BrCl2NO2. The van der Waals surface area contributed by atoms with Crippen LogP contribution in [0.3, 0.4) is 0 Å². The predicted molar refractivity (Wildman–Crippen MR) is 79.6 cm³/mol. The van der Waals surface area contributed by atoms with E-state index in [2.05, 4.69) is 15.9 Å². The standard InChI is InChI=1S/C13H12BrCl2NO2/c14-11-5-4-10(19-11)13(18)7(6-17)12-8(15)2-1-3-9(12)16/h1-5,7,13,18H,6,17H2. The van der Waals surface area contributed by atoms with Crippen LogP contribution in [0.4, 0.5) is 0 Å². The molecule has 1 aromatic heterocycles. The number of aliphatic hydroxyl groups excluding tert-OH is 1. The van der Waals surface area contributed by atoms with Crippen molar-refractivity contribution in [2.24, 2.45) is 5.73 Å². The van der Waals surface area contributed by atoms with Gasteiger partial charge in [-0.2, -0.15) is 0 Å². The zero-order valence-electron chi connectivity index (χ0n) is 9.82.